The zero-order valence-corrected chi connectivity index (χ0v) is 10.4. The van der Waals surface area contributed by atoms with Crippen molar-refractivity contribution < 1.29 is 19.1 Å². The third-order valence-corrected chi connectivity index (χ3v) is 2.42. The van der Waals surface area contributed by atoms with Gasteiger partial charge in [-0.25, -0.2) is 14.0 Å². The predicted octanol–water partition coefficient (Wildman–Crippen LogP) is 1.90. The average Bonchev–Trinajstić information content (AvgIpc) is 2.77. The van der Waals surface area contributed by atoms with E-state index in [1.165, 1.54) is 16.8 Å². The van der Waals surface area contributed by atoms with Crippen molar-refractivity contribution in [1.29, 1.82) is 0 Å². The molecule has 0 radical (unpaired) electrons. The quantitative estimate of drug-likeness (QED) is 0.798. The van der Waals surface area contributed by atoms with Crippen LogP contribution in [-0.4, -0.2) is 26.9 Å². The van der Waals surface area contributed by atoms with Gasteiger partial charge < -0.3 is 10.4 Å². The second kappa shape index (κ2) is 5.39. The van der Waals surface area contributed by atoms with Crippen molar-refractivity contribution in [2.24, 2.45) is 7.05 Å². The van der Waals surface area contributed by atoms with E-state index in [-0.39, 0.29) is 11.3 Å². The molecule has 0 unspecified atom stereocenters. The number of carboxylic acids is 1. The summed E-state index contributed by atoms with van der Waals surface area (Å²) in [7, 11) is 1.69. The molecule has 0 saturated heterocycles. The van der Waals surface area contributed by atoms with Crippen LogP contribution in [0.3, 0.4) is 0 Å². The van der Waals surface area contributed by atoms with Crippen molar-refractivity contribution in [2.45, 2.75) is 0 Å². The predicted molar refractivity (Wildman–Crippen MR) is 69.2 cm³/mol. The molecule has 0 aliphatic rings. The molecule has 0 aliphatic heterocycles. The van der Waals surface area contributed by atoms with Crippen molar-refractivity contribution in [1.82, 2.24) is 9.78 Å². The van der Waals surface area contributed by atoms with E-state index in [1.54, 1.807) is 19.3 Å². The first kappa shape index (κ1) is 13.5. The lowest BCUT2D eigenvalue weighted by Crippen LogP contribution is -2.20. The molecule has 0 aliphatic carbocycles. The number of carbonyl (C=O) groups is 2. The van der Waals surface area contributed by atoms with Crippen LogP contribution in [0.1, 0.15) is 10.4 Å². The summed E-state index contributed by atoms with van der Waals surface area (Å²) in [6.45, 7) is 0. The van der Waals surface area contributed by atoms with Crippen LogP contribution in [0.25, 0.3) is 0 Å². The van der Waals surface area contributed by atoms with Crippen LogP contribution in [0.2, 0.25) is 0 Å². The summed E-state index contributed by atoms with van der Waals surface area (Å²) in [5, 5.41) is 17.3. The molecule has 0 saturated carbocycles. The second-order valence-electron chi connectivity index (χ2n) is 3.95. The third-order valence-electron chi connectivity index (χ3n) is 2.42. The summed E-state index contributed by atoms with van der Waals surface area (Å²) >= 11 is 0. The van der Waals surface area contributed by atoms with E-state index in [0.717, 1.165) is 6.07 Å². The Morgan fingerprint density at radius 1 is 1.30 bits per heavy atom. The maximum Gasteiger partial charge on any atom is 0.335 e. The van der Waals surface area contributed by atoms with E-state index in [4.69, 9.17) is 5.11 Å². The molecule has 8 heteroatoms. The molecule has 1 aromatic heterocycles. The minimum absolute atomic E-state index is 0.122. The number of nitrogens with one attached hydrogen (secondary N) is 2. The molecule has 2 amide bonds. The lowest BCUT2D eigenvalue weighted by atomic mass is 10.2. The van der Waals surface area contributed by atoms with Crippen LogP contribution < -0.4 is 10.6 Å². The number of halogens is 1. The van der Waals surface area contributed by atoms with Crippen molar-refractivity contribution in [3.63, 3.8) is 0 Å². The molecule has 20 heavy (non-hydrogen) atoms. The van der Waals surface area contributed by atoms with Gasteiger partial charge in [0.2, 0.25) is 0 Å². The number of anilines is 2. The summed E-state index contributed by atoms with van der Waals surface area (Å²) in [6, 6.07) is 4.10. The van der Waals surface area contributed by atoms with Crippen LogP contribution in [0, 0.1) is 5.82 Å². The highest BCUT2D eigenvalue weighted by Gasteiger charge is 2.11. The van der Waals surface area contributed by atoms with Crippen molar-refractivity contribution in [2.75, 3.05) is 10.6 Å². The Labute approximate surface area is 113 Å². The first-order valence-electron chi connectivity index (χ1n) is 5.56. The number of aryl methyl sites for hydroxylation is 1. The largest absolute Gasteiger partial charge is 0.478 e. The molecular formula is C12H11FN4O3. The maximum absolute atomic E-state index is 13.6. The van der Waals surface area contributed by atoms with Crippen LogP contribution in [0.5, 0.6) is 0 Å². The molecule has 0 bridgehead atoms. The highest BCUT2D eigenvalue weighted by Crippen LogP contribution is 2.16. The molecule has 0 spiro atoms. The molecule has 0 atom stereocenters. The van der Waals surface area contributed by atoms with Crippen LogP contribution in [-0.2, 0) is 7.05 Å². The van der Waals surface area contributed by atoms with Crippen molar-refractivity contribution in [3.05, 3.63) is 41.8 Å². The Morgan fingerprint density at radius 3 is 2.60 bits per heavy atom. The fraction of sp³-hybridized carbons (Fsp3) is 0.0833. The van der Waals surface area contributed by atoms with Gasteiger partial charge in [-0.15, -0.1) is 0 Å². The number of nitrogens with zero attached hydrogens (tertiary/aromatic N) is 2. The Morgan fingerprint density at radius 2 is 2.05 bits per heavy atom. The number of hydrogen-bond acceptors (Lipinski definition) is 3. The topological polar surface area (TPSA) is 96.2 Å². The smallest absolute Gasteiger partial charge is 0.335 e. The van der Waals surface area contributed by atoms with Gasteiger partial charge in [0, 0.05) is 19.3 Å². The van der Waals surface area contributed by atoms with Crippen LogP contribution in [0.15, 0.2) is 30.5 Å². The molecule has 7 nitrogen and oxygen atoms in total. The summed E-state index contributed by atoms with van der Waals surface area (Å²) in [6.07, 6.45) is 1.64. The molecular weight excluding hydrogens is 267 g/mol. The van der Waals surface area contributed by atoms with Gasteiger partial charge in [-0.3, -0.25) is 10.00 Å². The molecule has 2 aromatic rings. The molecule has 0 fully saturated rings. The van der Waals surface area contributed by atoms with E-state index in [2.05, 4.69) is 15.7 Å². The van der Waals surface area contributed by atoms with Gasteiger partial charge in [0.15, 0.2) is 5.82 Å². The van der Waals surface area contributed by atoms with Gasteiger partial charge in [-0.05, 0) is 18.2 Å². The maximum atomic E-state index is 13.6. The number of aromatic nitrogens is 2. The summed E-state index contributed by atoms with van der Waals surface area (Å²) in [5.74, 6) is -1.76. The molecule has 1 aromatic carbocycles. The summed E-state index contributed by atoms with van der Waals surface area (Å²) in [4.78, 5) is 22.3. The minimum Gasteiger partial charge on any atom is -0.478 e. The molecule has 1 heterocycles. The first-order chi connectivity index (χ1) is 9.45. The van der Waals surface area contributed by atoms with Gasteiger partial charge in [-0.1, -0.05) is 0 Å². The highest BCUT2D eigenvalue weighted by atomic mass is 19.1. The van der Waals surface area contributed by atoms with E-state index in [0.29, 0.717) is 5.82 Å². The van der Waals surface area contributed by atoms with Crippen molar-refractivity contribution in [3.8, 4) is 0 Å². The number of urea groups is 1. The van der Waals surface area contributed by atoms with E-state index < -0.39 is 17.8 Å². The standard InChI is InChI=1S/C12H11FN4O3/c1-17-5-4-10(16-17)15-12(20)14-9-3-2-7(11(18)19)6-8(9)13/h2-6H,1H3,(H,18,19)(H2,14,15,16,20). The van der Waals surface area contributed by atoms with Crippen LogP contribution >= 0.6 is 0 Å². The zero-order valence-electron chi connectivity index (χ0n) is 10.4. The van der Waals surface area contributed by atoms with Gasteiger partial charge in [0.25, 0.3) is 0 Å². The number of amides is 2. The second-order valence-corrected chi connectivity index (χ2v) is 3.95. The fourth-order valence-electron chi connectivity index (χ4n) is 1.50. The van der Waals surface area contributed by atoms with Gasteiger partial charge >= 0.3 is 12.0 Å². The Hall–Kier alpha value is -2.90. The summed E-state index contributed by atoms with van der Waals surface area (Å²) in [5.41, 5.74) is -0.318. The number of rotatable bonds is 3. The third kappa shape index (κ3) is 3.10. The van der Waals surface area contributed by atoms with E-state index in [1.807, 2.05) is 0 Å². The number of carboxylic acid groups (broad SMARTS) is 1. The van der Waals surface area contributed by atoms with Crippen LogP contribution in [0.4, 0.5) is 20.7 Å². The fourth-order valence-corrected chi connectivity index (χ4v) is 1.50. The molecule has 2 rings (SSSR count). The average molecular weight is 278 g/mol. The first-order valence-corrected chi connectivity index (χ1v) is 5.56. The van der Waals surface area contributed by atoms with E-state index >= 15 is 0 Å². The summed E-state index contributed by atoms with van der Waals surface area (Å²) < 4.78 is 15.1. The molecule has 104 valence electrons. The highest BCUT2D eigenvalue weighted by molar-refractivity contribution is 5.99. The Bertz CT molecular complexity index is 668. The Kier molecular flexibility index (Phi) is 3.65. The molecule has 3 N–H and O–H groups in total. The Balaban J connectivity index is 2.06. The minimum atomic E-state index is -1.24. The number of carbonyl (C=O) groups excluding carboxylic acids is 1. The number of hydrogen-bond donors (Lipinski definition) is 3. The van der Waals surface area contributed by atoms with Gasteiger partial charge in [0.1, 0.15) is 5.82 Å². The lowest BCUT2D eigenvalue weighted by Gasteiger charge is -2.07. The number of benzene rings is 1. The van der Waals surface area contributed by atoms with E-state index in [9.17, 15) is 14.0 Å². The zero-order chi connectivity index (χ0) is 14.7. The monoisotopic (exact) mass is 278 g/mol. The number of aromatic carboxylic acids is 1. The normalized spacial score (nSPS) is 10.1. The van der Waals surface area contributed by atoms with Crippen molar-refractivity contribution >= 4 is 23.5 Å². The SMILES string of the molecule is Cn1ccc(NC(=O)Nc2ccc(C(=O)O)cc2F)n1. The van der Waals surface area contributed by atoms with Gasteiger partial charge in [-0.2, -0.15) is 5.10 Å². The lowest BCUT2D eigenvalue weighted by molar-refractivity contribution is 0.0696. The van der Waals surface area contributed by atoms with Gasteiger partial charge in [0.05, 0.1) is 11.3 Å².